The summed E-state index contributed by atoms with van der Waals surface area (Å²) in [6.45, 7) is 0.00640. The van der Waals surface area contributed by atoms with Crippen LogP contribution in [0.2, 0.25) is 0 Å². The summed E-state index contributed by atoms with van der Waals surface area (Å²) < 4.78 is 84.0. The second-order valence-electron chi connectivity index (χ2n) is 6.43. The average molecular weight is 447 g/mol. The van der Waals surface area contributed by atoms with Gasteiger partial charge in [0, 0.05) is 17.0 Å². The maximum Gasteiger partial charge on any atom is 0.416 e. The van der Waals surface area contributed by atoms with Gasteiger partial charge < -0.3 is 9.32 Å². The molecule has 0 unspecified atom stereocenters. The van der Waals surface area contributed by atoms with E-state index in [0.29, 0.717) is 24.3 Å². The lowest BCUT2D eigenvalue weighted by molar-refractivity contribution is -0.143. The molecule has 0 N–H and O–H groups in total. The first-order valence-corrected chi connectivity index (χ1v) is 9.55. The summed E-state index contributed by atoms with van der Waals surface area (Å²) in [6, 6.07) is 7.66. The van der Waals surface area contributed by atoms with E-state index in [1.54, 1.807) is 18.2 Å². The van der Waals surface area contributed by atoms with Gasteiger partial charge in [0.05, 0.1) is 23.9 Å². The summed E-state index contributed by atoms with van der Waals surface area (Å²) in [5.74, 6) is -0.586. The molecule has 1 aromatic carbocycles. The van der Waals surface area contributed by atoms with Gasteiger partial charge >= 0.3 is 12.4 Å². The second-order valence-corrected chi connectivity index (χ2v) is 7.46. The topological polar surface area (TPSA) is 33.5 Å². The molecule has 0 atom stereocenters. The highest BCUT2D eigenvalue weighted by Gasteiger charge is 2.38. The van der Waals surface area contributed by atoms with Crippen LogP contribution < -0.4 is 0 Å². The molecule has 0 bridgehead atoms. The number of nitrogens with zero attached hydrogens (tertiary/aromatic N) is 1. The zero-order valence-corrected chi connectivity index (χ0v) is 16.1. The molecule has 3 nitrogen and oxygen atoms in total. The lowest BCUT2D eigenvalue weighted by atomic mass is 10.0. The van der Waals surface area contributed by atoms with E-state index in [0.717, 1.165) is 4.88 Å². The first-order valence-electron chi connectivity index (χ1n) is 8.67. The van der Waals surface area contributed by atoms with Crippen LogP contribution in [-0.4, -0.2) is 17.4 Å². The number of benzene rings is 1. The van der Waals surface area contributed by atoms with E-state index in [-0.39, 0.29) is 19.2 Å². The van der Waals surface area contributed by atoms with Crippen LogP contribution >= 0.6 is 11.3 Å². The van der Waals surface area contributed by atoms with Gasteiger partial charge in [0.1, 0.15) is 5.76 Å². The minimum atomic E-state index is -5.03. The number of halogens is 6. The molecule has 0 radical (unpaired) electrons. The molecule has 0 spiro atoms. The SMILES string of the molecule is O=C(c1cc(C(F)(F)F)cc(C(F)(F)F)c1)N(CCc1cccs1)Cc1ccco1. The maximum absolute atomic E-state index is 13.1. The van der Waals surface area contributed by atoms with Gasteiger partial charge in [-0.1, -0.05) is 6.07 Å². The minimum Gasteiger partial charge on any atom is -0.467 e. The third kappa shape index (κ3) is 5.44. The Morgan fingerprint density at radius 2 is 1.63 bits per heavy atom. The van der Waals surface area contributed by atoms with Gasteiger partial charge in [0.25, 0.3) is 5.91 Å². The highest BCUT2D eigenvalue weighted by Crippen LogP contribution is 2.36. The summed E-state index contributed by atoms with van der Waals surface area (Å²) in [7, 11) is 0. The summed E-state index contributed by atoms with van der Waals surface area (Å²) in [5, 5.41) is 1.83. The Bertz CT molecular complexity index is 946. The number of rotatable bonds is 6. The molecule has 10 heteroatoms. The highest BCUT2D eigenvalue weighted by molar-refractivity contribution is 7.09. The Labute approximate surface area is 171 Å². The lowest BCUT2D eigenvalue weighted by Gasteiger charge is -2.23. The van der Waals surface area contributed by atoms with Crippen LogP contribution in [0.5, 0.6) is 0 Å². The van der Waals surface area contributed by atoms with Gasteiger partial charge in [-0.15, -0.1) is 11.3 Å². The van der Waals surface area contributed by atoms with Crippen molar-refractivity contribution in [1.29, 1.82) is 0 Å². The van der Waals surface area contributed by atoms with Crippen molar-refractivity contribution in [2.24, 2.45) is 0 Å². The fourth-order valence-electron chi connectivity index (χ4n) is 2.80. The van der Waals surface area contributed by atoms with Crippen LogP contribution in [-0.2, 0) is 25.3 Å². The van der Waals surface area contributed by atoms with E-state index in [2.05, 4.69) is 0 Å². The zero-order valence-electron chi connectivity index (χ0n) is 15.3. The standard InChI is InChI=1S/C20H15F6NO2S/c21-19(22,23)14-9-13(10-15(11-14)20(24,25)26)18(28)27(12-16-3-1-7-29-16)6-5-17-4-2-8-30-17/h1-4,7-11H,5-6,12H2. The molecular formula is C20H15F6NO2S. The highest BCUT2D eigenvalue weighted by atomic mass is 32.1. The molecule has 2 aromatic heterocycles. The molecule has 0 aliphatic heterocycles. The largest absolute Gasteiger partial charge is 0.467 e. The number of furan rings is 1. The Morgan fingerprint density at radius 3 is 2.13 bits per heavy atom. The number of amides is 1. The molecule has 0 saturated heterocycles. The van der Waals surface area contributed by atoms with Gasteiger partial charge in [0.15, 0.2) is 0 Å². The van der Waals surface area contributed by atoms with Crippen LogP contribution in [0, 0.1) is 0 Å². The quantitative estimate of drug-likeness (QED) is 0.418. The van der Waals surface area contributed by atoms with Crippen molar-refractivity contribution in [2.45, 2.75) is 25.3 Å². The van der Waals surface area contributed by atoms with Crippen molar-refractivity contribution in [3.8, 4) is 0 Å². The van der Waals surface area contributed by atoms with Gasteiger partial charge in [-0.2, -0.15) is 26.3 Å². The van der Waals surface area contributed by atoms with Gasteiger partial charge in [-0.3, -0.25) is 4.79 Å². The average Bonchev–Trinajstić information content (AvgIpc) is 3.36. The predicted octanol–water partition coefficient (Wildman–Crippen LogP) is 6.26. The first kappa shape index (κ1) is 21.9. The van der Waals surface area contributed by atoms with Gasteiger partial charge in [0.2, 0.25) is 0 Å². The normalized spacial score (nSPS) is 12.2. The molecular weight excluding hydrogens is 432 g/mol. The number of hydrogen-bond acceptors (Lipinski definition) is 3. The molecule has 0 aliphatic rings. The third-order valence-electron chi connectivity index (χ3n) is 4.26. The summed E-state index contributed by atoms with van der Waals surface area (Å²) in [5.41, 5.74) is -3.75. The minimum absolute atomic E-state index is 0.000697. The fourth-order valence-corrected chi connectivity index (χ4v) is 3.50. The van der Waals surface area contributed by atoms with Gasteiger partial charge in [-0.25, -0.2) is 0 Å². The molecule has 30 heavy (non-hydrogen) atoms. The number of thiophene rings is 1. The van der Waals surface area contributed by atoms with E-state index >= 15 is 0 Å². The molecule has 3 rings (SSSR count). The smallest absolute Gasteiger partial charge is 0.416 e. The van der Waals surface area contributed by atoms with Crippen LogP contribution in [0.25, 0.3) is 0 Å². The Hall–Kier alpha value is -2.75. The Kier molecular flexibility index (Phi) is 6.25. The van der Waals surface area contributed by atoms with E-state index in [9.17, 15) is 31.1 Å². The first-order chi connectivity index (χ1) is 14.0. The number of alkyl halides is 6. The predicted molar refractivity (Wildman–Crippen MR) is 97.9 cm³/mol. The number of hydrogen-bond donors (Lipinski definition) is 0. The van der Waals surface area contributed by atoms with E-state index in [1.165, 1.54) is 22.5 Å². The van der Waals surface area contributed by atoms with Crippen molar-refractivity contribution in [2.75, 3.05) is 6.54 Å². The fraction of sp³-hybridized carbons (Fsp3) is 0.250. The molecule has 2 heterocycles. The molecule has 1 amide bonds. The lowest BCUT2D eigenvalue weighted by Crippen LogP contribution is -2.32. The van der Waals surface area contributed by atoms with Crippen molar-refractivity contribution < 1.29 is 35.6 Å². The van der Waals surface area contributed by atoms with Crippen molar-refractivity contribution in [3.05, 3.63) is 81.4 Å². The zero-order chi connectivity index (χ0) is 21.9. The number of carbonyl (C=O) groups excluding carboxylic acids is 1. The van der Waals surface area contributed by atoms with Crippen LogP contribution in [0.3, 0.4) is 0 Å². The summed E-state index contributed by atoms with van der Waals surface area (Å²) >= 11 is 1.43. The van der Waals surface area contributed by atoms with Crippen LogP contribution in [0.15, 0.2) is 58.5 Å². The molecule has 0 aliphatic carbocycles. The summed E-state index contributed by atoms with van der Waals surface area (Å²) in [6.07, 6.45) is -8.29. The Morgan fingerprint density at radius 1 is 0.967 bits per heavy atom. The van der Waals surface area contributed by atoms with E-state index in [1.807, 2.05) is 11.4 Å². The second kappa shape index (κ2) is 8.55. The van der Waals surface area contributed by atoms with E-state index in [4.69, 9.17) is 4.42 Å². The summed E-state index contributed by atoms with van der Waals surface area (Å²) in [4.78, 5) is 15.0. The van der Waals surface area contributed by atoms with E-state index < -0.39 is 35.0 Å². The molecule has 160 valence electrons. The van der Waals surface area contributed by atoms with Crippen LogP contribution in [0.1, 0.15) is 32.1 Å². The van der Waals surface area contributed by atoms with Gasteiger partial charge in [-0.05, 0) is 48.2 Å². The molecule has 3 aromatic rings. The molecule has 0 fully saturated rings. The number of carbonyl (C=O) groups is 1. The Balaban J connectivity index is 1.95. The monoisotopic (exact) mass is 447 g/mol. The molecule has 0 saturated carbocycles. The van der Waals surface area contributed by atoms with Crippen molar-refractivity contribution >= 4 is 17.2 Å². The van der Waals surface area contributed by atoms with Crippen LogP contribution in [0.4, 0.5) is 26.3 Å². The third-order valence-corrected chi connectivity index (χ3v) is 5.19. The van der Waals surface area contributed by atoms with Crippen molar-refractivity contribution in [3.63, 3.8) is 0 Å². The maximum atomic E-state index is 13.1. The van der Waals surface area contributed by atoms with Crippen molar-refractivity contribution in [1.82, 2.24) is 4.90 Å².